The van der Waals surface area contributed by atoms with Crippen LogP contribution in [0.5, 0.6) is 0 Å². The van der Waals surface area contributed by atoms with Gasteiger partial charge in [-0.15, -0.1) is 0 Å². The zero-order valence-electron chi connectivity index (χ0n) is 11.4. The summed E-state index contributed by atoms with van der Waals surface area (Å²) in [6.45, 7) is 0.263. The Morgan fingerprint density at radius 2 is 2.10 bits per heavy atom. The number of aliphatic hydroxyl groups is 1. The van der Waals surface area contributed by atoms with Crippen molar-refractivity contribution in [3.8, 4) is 5.69 Å². The van der Waals surface area contributed by atoms with Crippen LogP contribution in [0.4, 0.5) is 6.01 Å². The maximum atomic E-state index is 12.0. The third-order valence-corrected chi connectivity index (χ3v) is 3.10. The SMILES string of the molecule is CN(CCO)c1nc(=O)c2cnn(-c3ccccc3)c2o1. The summed E-state index contributed by atoms with van der Waals surface area (Å²) in [5.41, 5.74) is 0.719. The van der Waals surface area contributed by atoms with Crippen molar-refractivity contribution in [1.82, 2.24) is 14.8 Å². The number of fused-ring (bicyclic) bond motifs is 1. The average molecular weight is 286 g/mol. The van der Waals surface area contributed by atoms with Crippen LogP contribution < -0.4 is 10.5 Å². The first-order valence-electron chi connectivity index (χ1n) is 6.47. The predicted molar refractivity (Wildman–Crippen MR) is 77.8 cm³/mol. The van der Waals surface area contributed by atoms with Crippen molar-refractivity contribution in [2.75, 3.05) is 25.1 Å². The van der Waals surface area contributed by atoms with E-state index < -0.39 is 5.56 Å². The van der Waals surface area contributed by atoms with Crippen molar-refractivity contribution in [3.05, 3.63) is 46.9 Å². The van der Waals surface area contributed by atoms with Gasteiger partial charge in [-0.3, -0.25) is 4.79 Å². The van der Waals surface area contributed by atoms with Crippen LogP contribution >= 0.6 is 0 Å². The molecule has 0 radical (unpaired) electrons. The first-order chi connectivity index (χ1) is 10.2. The van der Waals surface area contributed by atoms with Crippen LogP contribution in [0.25, 0.3) is 16.8 Å². The fourth-order valence-electron chi connectivity index (χ4n) is 2.00. The van der Waals surface area contributed by atoms with Crippen LogP contribution in [0, 0.1) is 0 Å². The molecular weight excluding hydrogens is 272 g/mol. The van der Waals surface area contributed by atoms with Crippen molar-refractivity contribution in [3.63, 3.8) is 0 Å². The summed E-state index contributed by atoms with van der Waals surface area (Å²) < 4.78 is 7.24. The number of anilines is 1. The van der Waals surface area contributed by atoms with Crippen LogP contribution in [0.1, 0.15) is 0 Å². The lowest BCUT2D eigenvalue weighted by atomic mass is 10.3. The van der Waals surface area contributed by atoms with Gasteiger partial charge in [0, 0.05) is 13.6 Å². The van der Waals surface area contributed by atoms with Gasteiger partial charge in [0.25, 0.3) is 5.56 Å². The second-order valence-corrected chi connectivity index (χ2v) is 4.56. The first-order valence-corrected chi connectivity index (χ1v) is 6.47. The summed E-state index contributed by atoms with van der Waals surface area (Å²) in [6, 6.07) is 9.53. The molecule has 0 aliphatic rings. The molecule has 0 aliphatic heterocycles. The lowest BCUT2D eigenvalue weighted by molar-refractivity contribution is 0.301. The Morgan fingerprint density at radius 3 is 2.81 bits per heavy atom. The smallest absolute Gasteiger partial charge is 0.302 e. The Labute approximate surface area is 120 Å². The van der Waals surface area contributed by atoms with Gasteiger partial charge in [0.1, 0.15) is 5.39 Å². The van der Waals surface area contributed by atoms with Crippen LogP contribution in [0.2, 0.25) is 0 Å². The van der Waals surface area contributed by atoms with Gasteiger partial charge >= 0.3 is 6.01 Å². The molecule has 0 fully saturated rings. The molecule has 1 aromatic carbocycles. The highest BCUT2D eigenvalue weighted by molar-refractivity contribution is 5.73. The number of nitrogens with zero attached hydrogens (tertiary/aromatic N) is 4. The largest absolute Gasteiger partial charge is 0.406 e. The van der Waals surface area contributed by atoms with Gasteiger partial charge in [-0.2, -0.15) is 14.8 Å². The van der Waals surface area contributed by atoms with Gasteiger partial charge in [-0.1, -0.05) is 18.2 Å². The fourth-order valence-corrected chi connectivity index (χ4v) is 2.00. The van der Waals surface area contributed by atoms with E-state index in [-0.39, 0.29) is 12.6 Å². The number of rotatable bonds is 4. The summed E-state index contributed by atoms with van der Waals surface area (Å²) >= 11 is 0. The second kappa shape index (κ2) is 5.37. The molecule has 0 atom stereocenters. The monoisotopic (exact) mass is 286 g/mol. The molecule has 0 spiro atoms. The van der Waals surface area contributed by atoms with E-state index in [1.54, 1.807) is 16.6 Å². The van der Waals surface area contributed by atoms with E-state index in [4.69, 9.17) is 9.52 Å². The van der Waals surface area contributed by atoms with Crippen molar-refractivity contribution >= 4 is 17.1 Å². The third kappa shape index (κ3) is 2.38. The molecule has 7 nitrogen and oxygen atoms in total. The van der Waals surface area contributed by atoms with E-state index >= 15 is 0 Å². The Hall–Kier alpha value is -2.67. The number of hydrogen-bond donors (Lipinski definition) is 1. The third-order valence-electron chi connectivity index (χ3n) is 3.10. The van der Waals surface area contributed by atoms with Crippen LogP contribution in [-0.4, -0.2) is 40.1 Å². The minimum Gasteiger partial charge on any atom is -0.406 e. The zero-order chi connectivity index (χ0) is 14.8. The zero-order valence-corrected chi connectivity index (χ0v) is 11.4. The highest BCUT2D eigenvalue weighted by atomic mass is 16.4. The molecule has 0 amide bonds. The lowest BCUT2D eigenvalue weighted by Gasteiger charge is -2.14. The maximum Gasteiger partial charge on any atom is 0.302 e. The number of hydrogen-bond acceptors (Lipinski definition) is 6. The molecule has 7 heteroatoms. The molecule has 0 saturated carbocycles. The number of likely N-dealkylation sites (N-methyl/N-ethyl adjacent to an activating group) is 1. The number of aromatic nitrogens is 3. The summed E-state index contributed by atoms with van der Waals surface area (Å²) in [5, 5.41) is 13.5. The molecule has 2 heterocycles. The Kier molecular flexibility index (Phi) is 3.41. The van der Waals surface area contributed by atoms with E-state index in [9.17, 15) is 4.79 Å². The molecule has 1 N–H and O–H groups in total. The minimum absolute atomic E-state index is 0.0577. The molecule has 3 rings (SSSR count). The quantitative estimate of drug-likeness (QED) is 0.763. The van der Waals surface area contributed by atoms with Crippen molar-refractivity contribution in [2.45, 2.75) is 0 Å². The standard InChI is InChI=1S/C14H14N4O3/c1-17(7-8-19)14-16-12(20)11-9-15-18(13(11)21-14)10-5-3-2-4-6-10/h2-6,9,19H,7-8H2,1H3. The second-order valence-electron chi connectivity index (χ2n) is 4.56. The highest BCUT2D eigenvalue weighted by Crippen LogP contribution is 2.18. The molecule has 0 unspecified atom stereocenters. The van der Waals surface area contributed by atoms with Gasteiger partial charge in [0.2, 0.25) is 5.71 Å². The van der Waals surface area contributed by atoms with Gasteiger partial charge in [-0.25, -0.2) is 0 Å². The van der Waals surface area contributed by atoms with E-state index in [1.807, 2.05) is 30.3 Å². The van der Waals surface area contributed by atoms with E-state index in [0.29, 0.717) is 17.6 Å². The van der Waals surface area contributed by atoms with E-state index in [0.717, 1.165) is 5.69 Å². The number of aliphatic hydroxyl groups excluding tert-OH is 1. The van der Waals surface area contributed by atoms with Gasteiger partial charge < -0.3 is 14.4 Å². The number of benzene rings is 1. The average Bonchev–Trinajstić information content (AvgIpc) is 2.93. The Balaban J connectivity index is 2.18. The van der Waals surface area contributed by atoms with E-state index in [2.05, 4.69) is 10.1 Å². The Bertz CT molecular complexity index is 810. The Morgan fingerprint density at radius 1 is 1.33 bits per heavy atom. The molecule has 0 aliphatic carbocycles. The lowest BCUT2D eigenvalue weighted by Crippen LogP contribution is -2.24. The maximum absolute atomic E-state index is 12.0. The molecule has 0 saturated heterocycles. The van der Waals surface area contributed by atoms with Gasteiger partial charge in [-0.05, 0) is 12.1 Å². The summed E-state index contributed by atoms with van der Waals surface area (Å²) in [4.78, 5) is 17.5. The minimum atomic E-state index is -0.404. The normalized spacial score (nSPS) is 11.0. The topological polar surface area (TPSA) is 84.4 Å². The fraction of sp³-hybridized carbons (Fsp3) is 0.214. The first kappa shape index (κ1) is 13.3. The molecular formula is C14H14N4O3. The molecule has 3 aromatic rings. The van der Waals surface area contributed by atoms with Crippen LogP contribution in [0.3, 0.4) is 0 Å². The van der Waals surface area contributed by atoms with Gasteiger partial charge in [0.15, 0.2) is 0 Å². The van der Waals surface area contributed by atoms with Crippen molar-refractivity contribution < 1.29 is 9.52 Å². The van der Waals surface area contributed by atoms with Gasteiger partial charge in [0.05, 0.1) is 18.5 Å². The van der Waals surface area contributed by atoms with Crippen LogP contribution in [0.15, 0.2) is 45.7 Å². The molecule has 2 aromatic heterocycles. The molecule has 0 bridgehead atoms. The molecule has 108 valence electrons. The summed E-state index contributed by atoms with van der Waals surface area (Å²) in [5.74, 6) is 0. The highest BCUT2D eigenvalue weighted by Gasteiger charge is 2.15. The summed E-state index contributed by atoms with van der Waals surface area (Å²) in [7, 11) is 1.69. The van der Waals surface area contributed by atoms with Crippen molar-refractivity contribution in [2.24, 2.45) is 0 Å². The van der Waals surface area contributed by atoms with E-state index in [1.165, 1.54) is 6.20 Å². The van der Waals surface area contributed by atoms with Crippen molar-refractivity contribution in [1.29, 1.82) is 0 Å². The number of para-hydroxylation sites is 1. The van der Waals surface area contributed by atoms with Crippen LogP contribution in [-0.2, 0) is 0 Å². The molecule has 21 heavy (non-hydrogen) atoms. The predicted octanol–water partition coefficient (Wildman–Crippen LogP) is 0.802. The summed E-state index contributed by atoms with van der Waals surface area (Å²) in [6.07, 6.45) is 1.44.